The molecule has 0 bridgehead atoms. The Morgan fingerprint density at radius 1 is 1.70 bits per heavy atom. The summed E-state index contributed by atoms with van der Waals surface area (Å²) in [6.07, 6.45) is 2.68. The van der Waals surface area contributed by atoms with Crippen LogP contribution in [0.25, 0.3) is 0 Å². The Hall–Kier alpha value is -0.340. The second-order valence-electron chi connectivity index (χ2n) is 3.09. The molecule has 1 unspecified atom stereocenters. The summed E-state index contributed by atoms with van der Waals surface area (Å²) in [5.41, 5.74) is 5.49. The van der Waals surface area contributed by atoms with E-state index in [2.05, 4.69) is 25.7 Å². The fraction of sp³-hybridized carbons (Fsp3) is 0.750. The topological polar surface area (TPSA) is 38.0 Å². The van der Waals surface area contributed by atoms with Gasteiger partial charge in [0.05, 0.1) is 5.66 Å². The quantitative estimate of drug-likeness (QED) is 0.455. The molecule has 0 spiro atoms. The van der Waals surface area contributed by atoms with E-state index in [1.807, 2.05) is 7.05 Å². The molecule has 0 heterocycles. The Morgan fingerprint density at radius 2 is 2.20 bits per heavy atom. The molecule has 0 fully saturated rings. The Balaban J connectivity index is 3.92. The van der Waals surface area contributed by atoms with Gasteiger partial charge >= 0.3 is 0 Å². The maximum Gasteiger partial charge on any atom is 0.0850 e. The third-order valence-electron chi connectivity index (χ3n) is 1.58. The van der Waals surface area contributed by atoms with Crippen molar-refractivity contribution in [2.24, 2.45) is 11.7 Å². The van der Waals surface area contributed by atoms with Gasteiger partial charge in [-0.1, -0.05) is 26.5 Å². The summed E-state index contributed by atoms with van der Waals surface area (Å²) in [6, 6.07) is 0. The highest BCUT2D eigenvalue weighted by molar-refractivity contribution is 4.97. The Bertz CT molecular complexity index is 110. The third-order valence-corrected chi connectivity index (χ3v) is 1.58. The number of hydrogen-bond donors (Lipinski definition) is 2. The number of nitrogens with two attached hydrogens (primary N) is 1. The summed E-state index contributed by atoms with van der Waals surface area (Å²) in [6.45, 7) is 7.95. The molecular weight excluding hydrogens is 124 g/mol. The van der Waals surface area contributed by atoms with Crippen LogP contribution in [0.1, 0.15) is 20.3 Å². The van der Waals surface area contributed by atoms with Crippen molar-refractivity contribution in [3.8, 4) is 0 Å². The summed E-state index contributed by atoms with van der Waals surface area (Å²) in [4.78, 5) is 0. The highest BCUT2D eigenvalue weighted by Crippen LogP contribution is 2.11. The van der Waals surface area contributed by atoms with Crippen molar-refractivity contribution in [3.05, 3.63) is 12.7 Å². The zero-order valence-electron chi connectivity index (χ0n) is 7.15. The number of likely N-dealkylation sites (N-methyl/N-ethyl adjacent to an activating group) is 1. The van der Waals surface area contributed by atoms with Crippen LogP contribution in [0.2, 0.25) is 0 Å². The zero-order valence-corrected chi connectivity index (χ0v) is 7.15. The van der Waals surface area contributed by atoms with Crippen LogP contribution < -0.4 is 11.1 Å². The van der Waals surface area contributed by atoms with Gasteiger partial charge in [0, 0.05) is 0 Å². The molecule has 0 rings (SSSR count). The summed E-state index contributed by atoms with van der Waals surface area (Å²) in [5.74, 6) is 0.593. The van der Waals surface area contributed by atoms with Crippen molar-refractivity contribution in [1.82, 2.24) is 5.32 Å². The van der Waals surface area contributed by atoms with E-state index in [0.29, 0.717) is 5.92 Å². The van der Waals surface area contributed by atoms with Crippen LogP contribution in [-0.4, -0.2) is 12.7 Å². The molecular formula is C8H18N2. The molecule has 0 saturated carbocycles. The van der Waals surface area contributed by atoms with Gasteiger partial charge < -0.3 is 5.73 Å². The van der Waals surface area contributed by atoms with Gasteiger partial charge in [-0.25, -0.2) is 0 Å². The number of rotatable bonds is 4. The molecule has 0 aromatic carbocycles. The first-order chi connectivity index (χ1) is 4.54. The highest BCUT2D eigenvalue weighted by atomic mass is 15.1. The zero-order chi connectivity index (χ0) is 8.20. The van der Waals surface area contributed by atoms with Crippen LogP contribution in [0.15, 0.2) is 12.7 Å². The average Bonchev–Trinajstić information content (AvgIpc) is 1.87. The van der Waals surface area contributed by atoms with Gasteiger partial charge in [0.15, 0.2) is 0 Å². The minimum Gasteiger partial charge on any atom is -0.310 e. The molecule has 2 heteroatoms. The molecule has 0 aromatic rings. The molecule has 60 valence electrons. The molecule has 0 aromatic heterocycles. The Morgan fingerprint density at radius 3 is 2.30 bits per heavy atom. The van der Waals surface area contributed by atoms with E-state index < -0.39 is 0 Å². The monoisotopic (exact) mass is 142 g/mol. The van der Waals surface area contributed by atoms with Crippen LogP contribution in [0.5, 0.6) is 0 Å². The van der Waals surface area contributed by atoms with E-state index in [1.54, 1.807) is 6.08 Å². The van der Waals surface area contributed by atoms with E-state index in [-0.39, 0.29) is 5.66 Å². The molecule has 0 radical (unpaired) electrons. The predicted octanol–water partition coefficient (Wildman–Crippen LogP) is 1.09. The average molecular weight is 142 g/mol. The van der Waals surface area contributed by atoms with Crippen LogP contribution in [0, 0.1) is 5.92 Å². The molecule has 3 N–H and O–H groups in total. The van der Waals surface area contributed by atoms with Gasteiger partial charge in [0.1, 0.15) is 0 Å². The molecule has 0 aliphatic rings. The third kappa shape index (κ3) is 2.99. The Labute approximate surface area is 63.5 Å². The second-order valence-corrected chi connectivity index (χ2v) is 3.09. The lowest BCUT2D eigenvalue weighted by Gasteiger charge is -2.26. The van der Waals surface area contributed by atoms with Crippen molar-refractivity contribution in [3.63, 3.8) is 0 Å². The number of nitrogens with one attached hydrogen (secondary N) is 1. The van der Waals surface area contributed by atoms with Crippen LogP contribution in [-0.2, 0) is 0 Å². The van der Waals surface area contributed by atoms with Gasteiger partial charge in [-0.15, -0.1) is 0 Å². The summed E-state index contributed by atoms with van der Waals surface area (Å²) >= 11 is 0. The molecule has 0 amide bonds. The fourth-order valence-electron chi connectivity index (χ4n) is 0.963. The summed E-state index contributed by atoms with van der Waals surface area (Å²) in [7, 11) is 1.85. The minimum absolute atomic E-state index is 0.381. The van der Waals surface area contributed by atoms with Gasteiger partial charge in [-0.05, 0) is 19.4 Å². The van der Waals surface area contributed by atoms with E-state index in [4.69, 9.17) is 5.73 Å². The normalized spacial score (nSPS) is 16.9. The van der Waals surface area contributed by atoms with Gasteiger partial charge in [-0.2, -0.15) is 0 Å². The molecule has 10 heavy (non-hydrogen) atoms. The van der Waals surface area contributed by atoms with Gasteiger partial charge in [0.25, 0.3) is 0 Å². The first-order valence-electron chi connectivity index (χ1n) is 3.65. The SMILES string of the molecule is C=CC(N)(CC(C)C)NC. The van der Waals surface area contributed by atoms with E-state index in [9.17, 15) is 0 Å². The van der Waals surface area contributed by atoms with Gasteiger partial charge in [0.2, 0.25) is 0 Å². The number of hydrogen-bond acceptors (Lipinski definition) is 2. The first kappa shape index (κ1) is 9.66. The molecule has 0 aliphatic carbocycles. The van der Waals surface area contributed by atoms with Crippen molar-refractivity contribution < 1.29 is 0 Å². The fourth-order valence-corrected chi connectivity index (χ4v) is 0.963. The molecule has 0 aliphatic heterocycles. The lowest BCUT2D eigenvalue weighted by Crippen LogP contribution is -2.50. The van der Waals surface area contributed by atoms with Crippen LogP contribution in [0.4, 0.5) is 0 Å². The lowest BCUT2D eigenvalue weighted by atomic mass is 9.98. The highest BCUT2D eigenvalue weighted by Gasteiger charge is 2.18. The van der Waals surface area contributed by atoms with E-state index in [0.717, 1.165) is 6.42 Å². The largest absolute Gasteiger partial charge is 0.310 e. The molecule has 2 nitrogen and oxygen atoms in total. The maximum absolute atomic E-state index is 5.87. The predicted molar refractivity (Wildman–Crippen MR) is 45.6 cm³/mol. The van der Waals surface area contributed by atoms with Crippen molar-refractivity contribution in [2.45, 2.75) is 25.9 Å². The van der Waals surface area contributed by atoms with Crippen molar-refractivity contribution in [2.75, 3.05) is 7.05 Å². The Kier molecular flexibility index (Phi) is 3.61. The van der Waals surface area contributed by atoms with Crippen molar-refractivity contribution >= 4 is 0 Å². The maximum atomic E-state index is 5.87. The van der Waals surface area contributed by atoms with Crippen molar-refractivity contribution in [1.29, 1.82) is 0 Å². The molecule has 1 atom stereocenters. The van der Waals surface area contributed by atoms with E-state index >= 15 is 0 Å². The van der Waals surface area contributed by atoms with Crippen LogP contribution in [0.3, 0.4) is 0 Å². The second kappa shape index (κ2) is 3.74. The minimum atomic E-state index is -0.381. The first-order valence-corrected chi connectivity index (χ1v) is 3.65. The van der Waals surface area contributed by atoms with Gasteiger partial charge in [-0.3, -0.25) is 5.32 Å². The van der Waals surface area contributed by atoms with E-state index in [1.165, 1.54) is 0 Å². The summed E-state index contributed by atoms with van der Waals surface area (Å²) in [5, 5.41) is 3.02. The summed E-state index contributed by atoms with van der Waals surface area (Å²) < 4.78 is 0. The standard InChI is InChI=1S/C8H18N2/c1-5-8(9,10-4)6-7(2)3/h5,7,10H,1,6,9H2,2-4H3. The smallest absolute Gasteiger partial charge is 0.0850 e. The van der Waals surface area contributed by atoms with Crippen LogP contribution >= 0.6 is 0 Å². The lowest BCUT2D eigenvalue weighted by molar-refractivity contribution is 0.363. The molecule has 0 saturated heterocycles.